The van der Waals surface area contributed by atoms with Crippen LogP contribution in [0.4, 0.5) is 0 Å². The molecule has 3 rings (SSSR count). The number of furan rings is 1. The van der Waals surface area contributed by atoms with Crippen LogP contribution in [-0.4, -0.2) is 16.1 Å². The van der Waals surface area contributed by atoms with Gasteiger partial charge in [0.15, 0.2) is 11.6 Å². The highest BCUT2D eigenvalue weighted by atomic mass is 16.3. The molecular formula is C14H19N3O. The molecule has 0 saturated heterocycles. The van der Waals surface area contributed by atoms with E-state index in [0.29, 0.717) is 0 Å². The molecule has 0 spiro atoms. The van der Waals surface area contributed by atoms with E-state index in [1.165, 1.54) is 24.2 Å². The normalized spacial score (nSPS) is 14.7. The fraction of sp³-hybridized carbons (Fsp3) is 0.500. The van der Waals surface area contributed by atoms with Crippen molar-refractivity contribution in [3.05, 3.63) is 29.8 Å². The molecule has 0 radical (unpaired) electrons. The standard InChI is InChI=1S/C14H19N3O/c15-8-3-5-11-12-6-1-2-9-17(12)14(16-11)13-7-4-10-18-13/h4,7,10H,1-3,5-6,8-9,15H2. The first-order valence-corrected chi connectivity index (χ1v) is 6.72. The Morgan fingerprint density at radius 2 is 2.33 bits per heavy atom. The lowest BCUT2D eigenvalue weighted by Crippen LogP contribution is -2.12. The first kappa shape index (κ1) is 11.5. The van der Waals surface area contributed by atoms with Crippen LogP contribution in [-0.2, 0) is 19.4 Å². The molecule has 1 aliphatic heterocycles. The number of fused-ring (bicyclic) bond motifs is 1. The number of nitrogens with zero attached hydrogens (tertiary/aromatic N) is 2. The molecule has 2 N–H and O–H groups in total. The molecular weight excluding hydrogens is 226 g/mol. The van der Waals surface area contributed by atoms with Gasteiger partial charge in [-0.2, -0.15) is 0 Å². The van der Waals surface area contributed by atoms with E-state index in [9.17, 15) is 0 Å². The first-order chi connectivity index (χ1) is 8.90. The van der Waals surface area contributed by atoms with E-state index in [4.69, 9.17) is 15.1 Å². The summed E-state index contributed by atoms with van der Waals surface area (Å²) in [7, 11) is 0. The Morgan fingerprint density at radius 3 is 3.11 bits per heavy atom. The van der Waals surface area contributed by atoms with Crippen molar-refractivity contribution < 1.29 is 4.42 Å². The van der Waals surface area contributed by atoms with Gasteiger partial charge in [0.05, 0.1) is 12.0 Å². The molecule has 2 aromatic rings. The molecule has 96 valence electrons. The van der Waals surface area contributed by atoms with Crippen LogP contribution in [0.15, 0.2) is 22.8 Å². The molecule has 0 unspecified atom stereocenters. The number of aromatic nitrogens is 2. The third kappa shape index (κ3) is 1.97. The molecule has 4 nitrogen and oxygen atoms in total. The third-order valence-corrected chi connectivity index (χ3v) is 3.56. The minimum Gasteiger partial charge on any atom is -0.461 e. The molecule has 0 saturated carbocycles. The van der Waals surface area contributed by atoms with Gasteiger partial charge in [0.1, 0.15) is 0 Å². The topological polar surface area (TPSA) is 57.0 Å². The maximum absolute atomic E-state index is 5.60. The summed E-state index contributed by atoms with van der Waals surface area (Å²) in [5.74, 6) is 1.86. The van der Waals surface area contributed by atoms with E-state index in [0.717, 1.165) is 43.9 Å². The molecule has 18 heavy (non-hydrogen) atoms. The third-order valence-electron chi connectivity index (χ3n) is 3.56. The van der Waals surface area contributed by atoms with Gasteiger partial charge in [-0.25, -0.2) is 4.98 Å². The van der Waals surface area contributed by atoms with E-state index < -0.39 is 0 Å². The fourth-order valence-electron chi connectivity index (χ4n) is 2.68. The van der Waals surface area contributed by atoms with Gasteiger partial charge < -0.3 is 14.7 Å². The maximum Gasteiger partial charge on any atom is 0.176 e. The first-order valence-electron chi connectivity index (χ1n) is 6.72. The fourth-order valence-corrected chi connectivity index (χ4v) is 2.68. The Bertz CT molecular complexity index is 513. The van der Waals surface area contributed by atoms with E-state index in [-0.39, 0.29) is 0 Å². The van der Waals surface area contributed by atoms with Gasteiger partial charge in [0.25, 0.3) is 0 Å². The zero-order valence-corrected chi connectivity index (χ0v) is 10.6. The van der Waals surface area contributed by atoms with E-state index >= 15 is 0 Å². The van der Waals surface area contributed by atoms with Gasteiger partial charge >= 0.3 is 0 Å². The van der Waals surface area contributed by atoms with Gasteiger partial charge in [0, 0.05) is 12.2 Å². The second-order valence-corrected chi connectivity index (χ2v) is 4.81. The largest absolute Gasteiger partial charge is 0.461 e. The lowest BCUT2D eigenvalue weighted by molar-refractivity contribution is 0.518. The smallest absolute Gasteiger partial charge is 0.176 e. The van der Waals surface area contributed by atoms with Crippen LogP contribution in [0.3, 0.4) is 0 Å². The number of hydrogen-bond acceptors (Lipinski definition) is 3. The summed E-state index contributed by atoms with van der Waals surface area (Å²) >= 11 is 0. The van der Waals surface area contributed by atoms with Gasteiger partial charge in [-0.3, -0.25) is 0 Å². The highest BCUT2D eigenvalue weighted by Gasteiger charge is 2.21. The molecule has 0 aromatic carbocycles. The van der Waals surface area contributed by atoms with Crippen LogP contribution in [0.5, 0.6) is 0 Å². The van der Waals surface area contributed by atoms with Gasteiger partial charge in [0.2, 0.25) is 0 Å². The van der Waals surface area contributed by atoms with Crippen LogP contribution in [0.1, 0.15) is 30.7 Å². The van der Waals surface area contributed by atoms with Crippen molar-refractivity contribution in [1.82, 2.24) is 9.55 Å². The maximum atomic E-state index is 5.60. The zero-order chi connectivity index (χ0) is 12.4. The molecule has 0 fully saturated rings. The molecule has 3 heterocycles. The minimum absolute atomic E-state index is 0.725. The summed E-state index contributed by atoms with van der Waals surface area (Å²) in [6.07, 6.45) is 7.31. The second-order valence-electron chi connectivity index (χ2n) is 4.81. The lowest BCUT2D eigenvalue weighted by atomic mass is 10.1. The predicted octanol–water partition coefficient (Wildman–Crippen LogP) is 2.37. The Morgan fingerprint density at radius 1 is 1.39 bits per heavy atom. The zero-order valence-electron chi connectivity index (χ0n) is 10.6. The number of nitrogens with two attached hydrogens (primary N) is 1. The number of imidazole rings is 1. The van der Waals surface area contributed by atoms with Gasteiger partial charge in [-0.1, -0.05) is 0 Å². The van der Waals surface area contributed by atoms with Crippen molar-refractivity contribution in [1.29, 1.82) is 0 Å². The Hall–Kier alpha value is -1.55. The van der Waals surface area contributed by atoms with Crippen molar-refractivity contribution in [2.75, 3.05) is 6.54 Å². The van der Waals surface area contributed by atoms with Crippen LogP contribution in [0, 0.1) is 0 Å². The van der Waals surface area contributed by atoms with Crippen molar-refractivity contribution >= 4 is 0 Å². The molecule has 0 amide bonds. The SMILES string of the molecule is NCCCc1nc(-c2ccco2)n2c1CCCC2. The summed E-state index contributed by atoms with van der Waals surface area (Å²) in [5, 5.41) is 0. The lowest BCUT2D eigenvalue weighted by Gasteiger charge is -2.16. The summed E-state index contributed by atoms with van der Waals surface area (Å²) in [5.41, 5.74) is 8.21. The average Bonchev–Trinajstić information content (AvgIpc) is 3.04. The Kier molecular flexibility index (Phi) is 3.19. The second kappa shape index (κ2) is 4.98. The van der Waals surface area contributed by atoms with Crippen molar-refractivity contribution in [3.8, 4) is 11.6 Å². The quantitative estimate of drug-likeness (QED) is 0.899. The van der Waals surface area contributed by atoms with Crippen molar-refractivity contribution in [3.63, 3.8) is 0 Å². The average molecular weight is 245 g/mol. The highest BCUT2D eigenvalue weighted by molar-refractivity contribution is 5.50. The van der Waals surface area contributed by atoms with Crippen LogP contribution >= 0.6 is 0 Å². The summed E-state index contributed by atoms with van der Waals surface area (Å²) in [6.45, 7) is 1.78. The minimum atomic E-state index is 0.725. The van der Waals surface area contributed by atoms with Crippen LogP contribution in [0.2, 0.25) is 0 Å². The molecule has 4 heteroatoms. The molecule has 0 aliphatic carbocycles. The summed E-state index contributed by atoms with van der Waals surface area (Å²) in [6, 6.07) is 3.90. The number of aryl methyl sites for hydroxylation is 1. The van der Waals surface area contributed by atoms with Crippen LogP contribution in [0.25, 0.3) is 11.6 Å². The molecule has 0 bridgehead atoms. The Balaban J connectivity index is 2.01. The molecule has 0 atom stereocenters. The molecule has 1 aliphatic rings. The van der Waals surface area contributed by atoms with Gasteiger partial charge in [-0.05, 0) is 50.8 Å². The van der Waals surface area contributed by atoms with E-state index in [2.05, 4.69) is 4.57 Å². The van der Waals surface area contributed by atoms with Gasteiger partial charge in [-0.15, -0.1) is 0 Å². The monoisotopic (exact) mass is 245 g/mol. The number of hydrogen-bond donors (Lipinski definition) is 1. The number of rotatable bonds is 4. The summed E-state index contributed by atoms with van der Waals surface area (Å²) < 4.78 is 7.82. The predicted molar refractivity (Wildman–Crippen MR) is 70.2 cm³/mol. The van der Waals surface area contributed by atoms with E-state index in [1.54, 1.807) is 6.26 Å². The van der Waals surface area contributed by atoms with Crippen molar-refractivity contribution in [2.24, 2.45) is 5.73 Å². The van der Waals surface area contributed by atoms with E-state index in [1.807, 2.05) is 12.1 Å². The highest BCUT2D eigenvalue weighted by Crippen LogP contribution is 2.28. The molecule has 2 aromatic heterocycles. The van der Waals surface area contributed by atoms with Crippen LogP contribution < -0.4 is 5.73 Å². The van der Waals surface area contributed by atoms with Crippen molar-refractivity contribution in [2.45, 2.75) is 38.6 Å². The Labute approximate surface area is 107 Å². The summed E-state index contributed by atoms with van der Waals surface area (Å²) in [4.78, 5) is 4.79.